The summed E-state index contributed by atoms with van der Waals surface area (Å²) in [6.45, 7) is 4.21. The van der Waals surface area contributed by atoms with Crippen LogP contribution in [-0.2, 0) is 25.7 Å². The highest BCUT2D eigenvalue weighted by Crippen LogP contribution is 2.23. The summed E-state index contributed by atoms with van der Waals surface area (Å²) >= 11 is 0. The van der Waals surface area contributed by atoms with Gasteiger partial charge in [0.2, 0.25) is 0 Å². The molecule has 0 aliphatic rings. The van der Waals surface area contributed by atoms with E-state index in [1.807, 2.05) is 37.3 Å². The molecule has 4 rings (SSSR count). The predicted octanol–water partition coefficient (Wildman–Crippen LogP) is 8.24. The Hall–Kier alpha value is -3.63. The van der Waals surface area contributed by atoms with Gasteiger partial charge in [-0.3, -0.25) is 0 Å². The van der Waals surface area contributed by atoms with Crippen LogP contribution in [0, 0.1) is 17.7 Å². The van der Waals surface area contributed by atoms with Crippen molar-refractivity contribution in [1.82, 2.24) is 0 Å². The summed E-state index contributed by atoms with van der Waals surface area (Å²) in [5.41, 5.74) is 6.54. The Morgan fingerprint density at radius 1 is 0.706 bits per heavy atom. The summed E-state index contributed by atoms with van der Waals surface area (Å²) in [5.74, 6) is 5.90. The van der Waals surface area contributed by atoms with Gasteiger partial charge in [-0.2, -0.15) is 0 Å². The minimum absolute atomic E-state index is 0.241. The standard InChI is InChI=1S/C33H31F/c1-3-5-6-7-26-12-14-28(15-13-26)18-20-30-21-22-31-24-29(19-23-32(31)33(30)34)17-16-27-10-8-25(4-2)9-11-27/h3,5,8-15,19,21-24H,4,6-7,16-17H2,1-2H3/b5-3+. The van der Waals surface area contributed by atoms with Gasteiger partial charge in [0.25, 0.3) is 0 Å². The van der Waals surface area contributed by atoms with Crippen LogP contribution in [0.3, 0.4) is 0 Å². The van der Waals surface area contributed by atoms with Gasteiger partial charge in [-0.1, -0.05) is 91.6 Å². The van der Waals surface area contributed by atoms with Gasteiger partial charge in [-0.25, -0.2) is 4.39 Å². The van der Waals surface area contributed by atoms with E-state index >= 15 is 4.39 Å². The first-order chi connectivity index (χ1) is 16.7. The number of fused-ring (bicyclic) bond motifs is 1. The van der Waals surface area contributed by atoms with Crippen molar-refractivity contribution in [2.45, 2.75) is 46.0 Å². The first kappa shape index (κ1) is 23.5. The maximum atomic E-state index is 15.2. The molecule has 0 fully saturated rings. The quantitative estimate of drug-likeness (QED) is 0.198. The lowest BCUT2D eigenvalue weighted by atomic mass is 9.99. The lowest BCUT2D eigenvalue weighted by molar-refractivity contribution is 0.636. The largest absolute Gasteiger partial charge is 0.205 e. The average Bonchev–Trinajstić information content (AvgIpc) is 2.88. The molecule has 0 aliphatic carbocycles. The van der Waals surface area contributed by atoms with E-state index < -0.39 is 0 Å². The summed E-state index contributed by atoms with van der Waals surface area (Å²) in [6, 6.07) is 26.9. The molecule has 0 unspecified atom stereocenters. The fourth-order valence-electron chi connectivity index (χ4n) is 4.13. The van der Waals surface area contributed by atoms with Crippen molar-refractivity contribution in [1.29, 1.82) is 0 Å². The molecule has 0 saturated heterocycles. The molecule has 0 heterocycles. The SMILES string of the molecule is C/C=C/CCc1ccc(C#Cc2ccc3cc(CCc4ccc(CC)cc4)ccc3c2F)cc1. The third-order valence-corrected chi connectivity index (χ3v) is 6.28. The Morgan fingerprint density at radius 2 is 1.35 bits per heavy atom. The van der Waals surface area contributed by atoms with E-state index in [1.54, 1.807) is 6.07 Å². The van der Waals surface area contributed by atoms with Gasteiger partial charge < -0.3 is 0 Å². The molecular weight excluding hydrogens is 415 g/mol. The van der Waals surface area contributed by atoms with Crippen molar-refractivity contribution in [2.75, 3.05) is 0 Å². The van der Waals surface area contributed by atoms with E-state index in [9.17, 15) is 0 Å². The van der Waals surface area contributed by atoms with Crippen LogP contribution in [0.15, 0.2) is 91.0 Å². The highest BCUT2D eigenvalue weighted by atomic mass is 19.1. The summed E-state index contributed by atoms with van der Waals surface area (Å²) in [7, 11) is 0. The fourth-order valence-corrected chi connectivity index (χ4v) is 4.13. The minimum atomic E-state index is -0.241. The number of rotatable bonds is 7. The molecule has 0 saturated carbocycles. The topological polar surface area (TPSA) is 0 Å². The van der Waals surface area contributed by atoms with Gasteiger partial charge >= 0.3 is 0 Å². The van der Waals surface area contributed by atoms with Crippen LogP contribution in [0.4, 0.5) is 4.39 Å². The third kappa shape index (κ3) is 6.03. The molecule has 0 nitrogen and oxygen atoms in total. The van der Waals surface area contributed by atoms with Crippen LogP contribution in [0.5, 0.6) is 0 Å². The number of allylic oxidation sites excluding steroid dienone is 2. The smallest absolute Gasteiger partial charge is 0.146 e. The van der Waals surface area contributed by atoms with Gasteiger partial charge in [-0.15, -0.1) is 0 Å². The van der Waals surface area contributed by atoms with Crippen LogP contribution in [0.2, 0.25) is 0 Å². The maximum absolute atomic E-state index is 15.2. The molecule has 1 heteroatoms. The van der Waals surface area contributed by atoms with Gasteiger partial charge in [0.05, 0.1) is 5.56 Å². The second kappa shape index (κ2) is 11.5. The molecule has 0 spiro atoms. The van der Waals surface area contributed by atoms with Gasteiger partial charge in [0.15, 0.2) is 0 Å². The summed E-state index contributed by atoms with van der Waals surface area (Å²) in [5, 5.41) is 1.55. The zero-order chi connectivity index (χ0) is 23.8. The molecule has 0 aromatic heterocycles. The van der Waals surface area contributed by atoms with Crippen molar-refractivity contribution >= 4 is 10.8 Å². The summed E-state index contributed by atoms with van der Waals surface area (Å²) < 4.78 is 15.2. The monoisotopic (exact) mass is 446 g/mol. The number of aryl methyl sites for hydroxylation is 4. The first-order valence-electron chi connectivity index (χ1n) is 12.2. The summed E-state index contributed by atoms with van der Waals surface area (Å²) in [6.07, 6.45) is 9.29. The Morgan fingerprint density at radius 3 is 2.09 bits per heavy atom. The van der Waals surface area contributed by atoms with Crippen molar-refractivity contribution in [3.63, 3.8) is 0 Å². The average molecular weight is 447 g/mol. The van der Waals surface area contributed by atoms with E-state index in [0.29, 0.717) is 10.9 Å². The highest BCUT2D eigenvalue weighted by Gasteiger charge is 2.07. The van der Waals surface area contributed by atoms with Crippen LogP contribution >= 0.6 is 0 Å². The molecule has 4 aromatic carbocycles. The van der Waals surface area contributed by atoms with Crippen LogP contribution < -0.4 is 0 Å². The number of hydrogen-bond acceptors (Lipinski definition) is 0. The molecule has 170 valence electrons. The lowest BCUT2D eigenvalue weighted by Crippen LogP contribution is -1.93. The van der Waals surface area contributed by atoms with Gasteiger partial charge in [0.1, 0.15) is 5.82 Å². The van der Waals surface area contributed by atoms with Crippen LogP contribution in [0.25, 0.3) is 10.8 Å². The van der Waals surface area contributed by atoms with Crippen molar-refractivity contribution in [3.8, 4) is 11.8 Å². The summed E-state index contributed by atoms with van der Waals surface area (Å²) in [4.78, 5) is 0. The molecule has 4 aromatic rings. The Bertz CT molecular complexity index is 1330. The van der Waals surface area contributed by atoms with Crippen molar-refractivity contribution in [2.24, 2.45) is 0 Å². The van der Waals surface area contributed by atoms with E-state index in [2.05, 4.69) is 73.4 Å². The van der Waals surface area contributed by atoms with E-state index in [0.717, 1.165) is 43.1 Å². The number of halogens is 1. The minimum Gasteiger partial charge on any atom is -0.205 e. The molecule has 34 heavy (non-hydrogen) atoms. The Balaban J connectivity index is 1.45. The van der Waals surface area contributed by atoms with Crippen LogP contribution in [0.1, 0.15) is 53.6 Å². The van der Waals surface area contributed by atoms with Gasteiger partial charge in [0, 0.05) is 10.9 Å². The number of hydrogen-bond donors (Lipinski definition) is 0. The van der Waals surface area contributed by atoms with E-state index in [-0.39, 0.29) is 5.82 Å². The normalized spacial score (nSPS) is 11.0. The molecule has 0 atom stereocenters. The molecule has 0 aliphatic heterocycles. The van der Waals surface area contributed by atoms with Crippen molar-refractivity contribution in [3.05, 3.63) is 130 Å². The van der Waals surface area contributed by atoms with Crippen LogP contribution in [-0.4, -0.2) is 0 Å². The molecular formula is C33H31F. The molecule has 0 bridgehead atoms. The lowest BCUT2D eigenvalue weighted by Gasteiger charge is -2.07. The first-order valence-corrected chi connectivity index (χ1v) is 12.2. The predicted molar refractivity (Wildman–Crippen MR) is 143 cm³/mol. The Kier molecular flexibility index (Phi) is 7.95. The Labute approximate surface area is 203 Å². The molecule has 0 amide bonds. The molecule has 0 N–H and O–H groups in total. The van der Waals surface area contributed by atoms with Crippen molar-refractivity contribution < 1.29 is 4.39 Å². The number of benzene rings is 4. The zero-order valence-corrected chi connectivity index (χ0v) is 20.1. The van der Waals surface area contributed by atoms with E-state index in [4.69, 9.17) is 0 Å². The second-order valence-corrected chi connectivity index (χ2v) is 8.71. The third-order valence-electron chi connectivity index (χ3n) is 6.28. The zero-order valence-electron chi connectivity index (χ0n) is 20.1. The fraction of sp³-hybridized carbons (Fsp3) is 0.212. The highest BCUT2D eigenvalue weighted by molar-refractivity contribution is 5.85. The molecule has 0 radical (unpaired) electrons. The second-order valence-electron chi connectivity index (χ2n) is 8.71. The van der Waals surface area contributed by atoms with E-state index in [1.165, 1.54) is 22.3 Å². The van der Waals surface area contributed by atoms with Gasteiger partial charge in [-0.05, 0) is 84.9 Å². The maximum Gasteiger partial charge on any atom is 0.146 e.